The van der Waals surface area contributed by atoms with Crippen LogP contribution in [0.1, 0.15) is 202 Å². The van der Waals surface area contributed by atoms with Crippen molar-refractivity contribution in [3.63, 3.8) is 0 Å². The molecule has 2 heterocycles. The van der Waals surface area contributed by atoms with Gasteiger partial charge in [-0.05, 0) is 62.2 Å². The van der Waals surface area contributed by atoms with E-state index in [1.165, 1.54) is 107 Å². The van der Waals surface area contributed by atoms with Gasteiger partial charge in [-0.1, -0.05) is 169 Å². The average molecular weight is 1330 g/mol. The fraction of sp³-hybridized carbons (Fsp3) is 0.786. The summed E-state index contributed by atoms with van der Waals surface area (Å²) < 4.78 is 12.3. The topological polar surface area (TPSA) is 202 Å². The van der Waals surface area contributed by atoms with Gasteiger partial charge in [0.15, 0.2) is 0 Å². The standard InChI is InChI=1S/C70H120N8O10S3/c1-15-51(6)66(58(87-12)44-62(82)78-40-31-36-57(78)68(88-13)52(7)53(8)71-54(9)67(84)55-32-27-26-28-33-55)74(11)70(86)64(49(2)3)72-69(85)65(50(4)5)73(10)63(83)45-90-42-38-60(80)76-46-75(59(79)37-41-89-14)47-77(48-76)61(81)39-43-91-56-34-29-24-22-20-18-16-17-19-21-23-25-30-35-56/h26-28,32-33,49-52,54,56-58,64-68,71,84H,8,15-25,29-31,34-48H2,1-7,9-14H3,(H,72,85)/t51-,52-,54+,57-,58+,64-,65-,66-,67+,68+/m0/s1. The molecule has 0 aromatic heterocycles. The number of carbonyl (C=O) groups excluding carboxylic acids is 7. The number of ether oxygens (including phenoxy) is 2. The van der Waals surface area contributed by atoms with Gasteiger partial charge in [-0.2, -0.15) is 35.3 Å². The summed E-state index contributed by atoms with van der Waals surface area (Å²) in [5.74, 6) is -0.948. The number of nitrogens with one attached hydrogen (secondary N) is 2. The molecule has 518 valence electrons. The summed E-state index contributed by atoms with van der Waals surface area (Å²) in [6, 6.07) is 6.45. The van der Waals surface area contributed by atoms with Crippen LogP contribution >= 0.6 is 35.3 Å². The summed E-state index contributed by atoms with van der Waals surface area (Å²) in [6.45, 7) is 20.7. The van der Waals surface area contributed by atoms with E-state index in [1.807, 2.05) is 109 Å². The minimum atomic E-state index is -0.969. The number of methoxy groups -OCH3 is 2. The van der Waals surface area contributed by atoms with E-state index in [2.05, 4.69) is 17.2 Å². The number of benzene rings is 1. The average Bonchev–Trinajstić information content (AvgIpc) is 1.98. The van der Waals surface area contributed by atoms with Crippen LogP contribution in [0.3, 0.4) is 0 Å². The molecule has 1 aromatic carbocycles. The van der Waals surface area contributed by atoms with E-state index in [9.17, 15) is 38.7 Å². The number of likely N-dealkylation sites (tertiary alicyclic amines) is 1. The largest absolute Gasteiger partial charge is 0.386 e. The Bertz CT molecular complexity index is 2360. The van der Waals surface area contributed by atoms with E-state index < -0.39 is 42.3 Å². The third-order valence-electron chi connectivity index (χ3n) is 19.1. The van der Waals surface area contributed by atoms with Crippen LogP contribution in [0.25, 0.3) is 0 Å². The molecule has 21 heteroatoms. The Labute approximate surface area is 561 Å². The van der Waals surface area contributed by atoms with Crippen molar-refractivity contribution in [2.45, 2.75) is 244 Å². The molecule has 0 radical (unpaired) electrons. The van der Waals surface area contributed by atoms with Crippen molar-refractivity contribution < 1.29 is 48.1 Å². The normalized spacial score (nSPS) is 19.8. The van der Waals surface area contributed by atoms with Crippen molar-refractivity contribution in [1.82, 2.24) is 40.0 Å². The SMILES string of the molecule is C=C(N[C@H](C)[C@@H](O)c1ccccc1)[C@H](C)[C@@H](OC)[C@@H]1CCCN1C(=O)C[C@@H](OC)[C@H]([C@@H](C)CC)N(C)C(=O)[C@@H](NC(=O)[C@H](C(C)C)N(C)C(=O)CSCCC(=O)N1CN(C(=O)CCSC)CN(C(=O)CCSC2CCCCCCCCCCCCCC2)C1)C(C)C. The molecule has 1 saturated carbocycles. The molecule has 7 amide bonds. The highest BCUT2D eigenvalue weighted by molar-refractivity contribution is 8.00. The van der Waals surface area contributed by atoms with Crippen LogP contribution in [0.5, 0.6) is 0 Å². The number of aliphatic hydroxyl groups is 1. The first-order chi connectivity index (χ1) is 43.5. The molecule has 3 aliphatic rings. The third kappa shape index (κ3) is 25.6. The zero-order valence-electron chi connectivity index (χ0n) is 58.1. The summed E-state index contributed by atoms with van der Waals surface area (Å²) >= 11 is 4.77. The lowest BCUT2D eigenvalue weighted by Gasteiger charge is -2.42. The van der Waals surface area contributed by atoms with Gasteiger partial charge >= 0.3 is 0 Å². The van der Waals surface area contributed by atoms with Crippen LogP contribution in [0, 0.1) is 23.7 Å². The molecule has 18 nitrogen and oxygen atoms in total. The van der Waals surface area contributed by atoms with Crippen LogP contribution in [0.4, 0.5) is 0 Å². The maximum Gasteiger partial charge on any atom is 0.245 e. The third-order valence-corrected chi connectivity index (χ3v) is 22.1. The van der Waals surface area contributed by atoms with E-state index in [0.717, 1.165) is 18.4 Å². The van der Waals surface area contributed by atoms with Gasteiger partial charge in [0.25, 0.3) is 0 Å². The van der Waals surface area contributed by atoms with Crippen LogP contribution in [0.2, 0.25) is 0 Å². The number of hydrogen-bond donors (Lipinski definition) is 3. The molecule has 3 fully saturated rings. The first-order valence-corrected chi connectivity index (χ1v) is 38.0. The molecule has 1 aromatic rings. The number of carbonyl (C=O) groups is 7. The van der Waals surface area contributed by atoms with E-state index in [4.69, 9.17) is 9.47 Å². The van der Waals surface area contributed by atoms with E-state index >= 15 is 0 Å². The van der Waals surface area contributed by atoms with Gasteiger partial charge in [0, 0.05) is 88.2 Å². The van der Waals surface area contributed by atoms with Crippen molar-refractivity contribution in [2.75, 3.05) is 84.1 Å². The van der Waals surface area contributed by atoms with Crippen molar-refractivity contribution in [2.24, 2.45) is 23.7 Å². The Balaban J connectivity index is 1.35. The minimum absolute atomic E-state index is 0.00113. The number of nitrogens with zero attached hydrogens (tertiary/aromatic N) is 6. The Morgan fingerprint density at radius 2 is 1.20 bits per heavy atom. The molecule has 1 aliphatic carbocycles. The van der Waals surface area contributed by atoms with E-state index in [1.54, 1.807) is 59.7 Å². The van der Waals surface area contributed by atoms with Crippen molar-refractivity contribution in [3.8, 4) is 0 Å². The molecule has 4 rings (SSSR count). The Morgan fingerprint density at radius 3 is 1.69 bits per heavy atom. The predicted octanol–water partition coefficient (Wildman–Crippen LogP) is 11.0. The smallest absolute Gasteiger partial charge is 0.245 e. The Hall–Kier alpha value is -4.02. The van der Waals surface area contributed by atoms with Crippen LogP contribution in [-0.2, 0) is 43.0 Å². The summed E-state index contributed by atoms with van der Waals surface area (Å²) in [7, 11) is 6.51. The van der Waals surface area contributed by atoms with Crippen LogP contribution < -0.4 is 10.6 Å². The highest BCUT2D eigenvalue weighted by Gasteiger charge is 2.43. The summed E-state index contributed by atoms with van der Waals surface area (Å²) in [5, 5.41) is 18.1. The molecular weight excluding hydrogens is 1210 g/mol. The maximum atomic E-state index is 14.9. The van der Waals surface area contributed by atoms with E-state index in [-0.39, 0.29) is 110 Å². The molecule has 0 unspecified atom stereocenters. The Morgan fingerprint density at radius 1 is 0.670 bits per heavy atom. The highest BCUT2D eigenvalue weighted by Crippen LogP contribution is 2.33. The monoisotopic (exact) mass is 1330 g/mol. The lowest BCUT2D eigenvalue weighted by Crippen LogP contribution is -2.60. The van der Waals surface area contributed by atoms with Crippen LogP contribution in [-0.4, -0.2) is 208 Å². The minimum Gasteiger partial charge on any atom is -0.386 e. The van der Waals surface area contributed by atoms with Gasteiger partial charge < -0.3 is 54.6 Å². The molecule has 91 heavy (non-hydrogen) atoms. The fourth-order valence-corrected chi connectivity index (χ4v) is 15.8. The Kier molecular flexibility index (Phi) is 37.0. The van der Waals surface area contributed by atoms with Crippen LogP contribution in [0.15, 0.2) is 42.6 Å². The van der Waals surface area contributed by atoms with Gasteiger partial charge in [-0.3, -0.25) is 33.6 Å². The number of likely N-dealkylation sites (N-methyl/N-ethyl adjacent to an activating group) is 2. The van der Waals surface area contributed by atoms with Gasteiger partial charge in [0.1, 0.15) is 12.1 Å². The second-order valence-corrected chi connectivity index (χ2v) is 30.2. The quantitative estimate of drug-likeness (QED) is 0.0561. The predicted molar refractivity (Wildman–Crippen MR) is 373 cm³/mol. The van der Waals surface area contributed by atoms with Crippen molar-refractivity contribution in [3.05, 3.63) is 48.2 Å². The summed E-state index contributed by atoms with van der Waals surface area (Å²) in [5.41, 5.74) is 1.49. The van der Waals surface area contributed by atoms with Gasteiger partial charge in [-0.25, -0.2) is 0 Å². The second-order valence-electron chi connectivity index (χ2n) is 26.7. The first kappa shape index (κ1) is 79.4. The number of amides is 7. The van der Waals surface area contributed by atoms with Crippen molar-refractivity contribution in [1.29, 1.82) is 0 Å². The molecule has 0 bridgehead atoms. The highest BCUT2D eigenvalue weighted by atomic mass is 32.2. The number of rotatable bonds is 33. The first-order valence-electron chi connectivity index (χ1n) is 34.4. The van der Waals surface area contributed by atoms with Crippen molar-refractivity contribution >= 4 is 76.6 Å². The van der Waals surface area contributed by atoms with Gasteiger partial charge in [-0.15, -0.1) is 0 Å². The number of thioether (sulfide) groups is 3. The second kappa shape index (κ2) is 42.4. The fourth-order valence-electron chi connectivity index (χ4n) is 13.3. The van der Waals surface area contributed by atoms with E-state index in [0.29, 0.717) is 54.0 Å². The molecule has 2 aliphatic heterocycles. The van der Waals surface area contributed by atoms with Gasteiger partial charge in [0.05, 0.1) is 68.6 Å². The summed E-state index contributed by atoms with van der Waals surface area (Å²) in [6.07, 6.45) is 21.1. The lowest BCUT2D eigenvalue weighted by molar-refractivity contribution is -0.158. The molecule has 2 saturated heterocycles. The molecule has 0 spiro atoms. The van der Waals surface area contributed by atoms with Gasteiger partial charge in [0.2, 0.25) is 41.4 Å². The maximum absolute atomic E-state index is 14.9. The zero-order chi connectivity index (χ0) is 67.2. The zero-order valence-corrected chi connectivity index (χ0v) is 60.6. The lowest BCUT2D eigenvalue weighted by atomic mass is 9.89. The molecular formula is C70H120N8O10S3. The number of hydrogen-bond acceptors (Lipinski definition) is 14. The molecule has 3 N–H and O–H groups in total. The molecule has 10 atom stereocenters. The summed E-state index contributed by atoms with van der Waals surface area (Å²) in [4.78, 5) is 109. The number of aliphatic hydroxyl groups excluding tert-OH is 1.